The van der Waals surface area contributed by atoms with Gasteiger partial charge in [-0.15, -0.1) is 11.8 Å². The lowest BCUT2D eigenvalue weighted by atomic mass is 10.2. The Morgan fingerprint density at radius 3 is 2.67 bits per heavy atom. The van der Waals surface area contributed by atoms with E-state index in [2.05, 4.69) is 12.2 Å². The summed E-state index contributed by atoms with van der Waals surface area (Å²) in [6.45, 7) is 5.97. The smallest absolute Gasteiger partial charge is 0.233 e. The zero-order valence-corrected chi connectivity index (χ0v) is 12.0. The predicted molar refractivity (Wildman–Crippen MR) is 75.9 cm³/mol. The fourth-order valence-corrected chi connectivity index (χ4v) is 2.57. The first-order valence-electron chi connectivity index (χ1n) is 6.29. The molecule has 3 nitrogen and oxygen atoms in total. The number of amides is 1. The molecular weight excluding hydrogens is 246 g/mol. The molecule has 2 unspecified atom stereocenters. The molecule has 0 radical (unpaired) electrons. The van der Waals surface area contributed by atoms with Crippen molar-refractivity contribution in [3.05, 3.63) is 24.3 Å². The molecule has 2 atom stereocenters. The molecular formula is C14H21NO2S. The third-order valence-electron chi connectivity index (χ3n) is 2.65. The molecule has 1 aromatic rings. The monoisotopic (exact) mass is 267 g/mol. The minimum absolute atomic E-state index is 0.0178. The molecule has 0 heterocycles. The van der Waals surface area contributed by atoms with Crippen LogP contribution in [0.15, 0.2) is 29.2 Å². The standard InChI is InChI=1S/C14H21NO2S/c1-4-7-10(2)15-14(17)11(3)18-13-9-6-5-8-12(13)16/h5-6,8-11,16H,4,7H2,1-3H3,(H,15,17). The Morgan fingerprint density at radius 1 is 1.39 bits per heavy atom. The molecule has 2 N–H and O–H groups in total. The van der Waals surface area contributed by atoms with Crippen LogP contribution in [0.2, 0.25) is 0 Å². The third-order valence-corrected chi connectivity index (χ3v) is 3.82. The minimum Gasteiger partial charge on any atom is -0.507 e. The van der Waals surface area contributed by atoms with Gasteiger partial charge >= 0.3 is 0 Å². The molecule has 0 saturated carbocycles. The van der Waals surface area contributed by atoms with Crippen molar-refractivity contribution >= 4 is 17.7 Å². The second-order valence-electron chi connectivity index (χ2n) is 4.43. The Balaban J connectivity index is 2.52. The summed E-state index contributed by atoms with van der Waals surface area (Å²) in [6, 6.07) is 7.28. The predicted octanol–water partition coefficient (Wildman–Crippen LogP) is 3.18. The largest absolute Gasteiger partial charge is 0.507 e. The summed E-state index contributed by atoms with van der Waals surface area (Å²) in [4.78, 5) is 12.7. The molecule has 0 aliphatic rings. The molecule has 1 rings (SSSR count). The van der Waals surface area contributed by atoms with Gasteiger partial charge in [-0.1, -0.05) is 25.5 Å². The van der Waals surface area contributed by atoms with Crippen molar-refractivity contribution in [1.29, 1.82) is 0 Å². The molecule has 4 heteroatoms. The summed E-state index contributed by atoms with van der Waals surface area (Å²) in [6.07, 6.45) is 2.04. The number of phenols is 1. The van der Waals surface area contributed by atoms with Gasteiger partial charge in [0.15, 0.2) is 0 Å². The molecule has 0 aliphatic carbocycles. The van der Waals surface area contributed by atoms with Gasteiger partial charge in [0, 0.05) is 10.9 Å². The van der Waals surface area contributed by atoms with Gasteiger partial charge in [-0.3, -0.25) is 4.79 Å². The highest BCUT2D eigenvalue weighted by atomic mass is 32.2. The maximum Gasteiger partial charge on any atom is 0.233 e. The number of phenolic OH excluding ortho intramolecular Hbond substituents is 1. The molecule has 18 heavy (non-hydrogen) atoms. The van der Waals surface area contributed by atoms with Crippen LogP contribution in [0.3, 0.4) is 0 Å². The van der Waals surface area contributed by atoms with Crippen LogP contribution in [0.5, 0.6) is 5.75 Å². The van der Waals surface area contributed by atoms with Crippen molar-refractivity contribution < 1.29 is 9.90 Å². The molecule has 0 spiro atoms. The molecule has 0 fully saturated rings. The summed E-state index contributed by atoms with van der Waals surface area (Å²) in [5.74, 6) is 0.243. The number of thioether (sulfide) groups is 1. The topological polar surface area (TPSA) is 49.3 Å². The van der Waals surface area contributed by atoms with E-state index in [1.807, 2.05) is 26.0 Å². The van der Waals surface area contributed by atoms with Crippen LogP contribution in [-0.2, 0) is 4.79 Å². The van der Waals surface area contributed by atoms with E-state index >= 15 is 0 Å². The van der Waals surface area contributed by atoms with Crippen molar-refractivity contribution in [2.75, 3.05) is 0 Å². The van der Waals surface area contributed by atoms with Gasteiger partial charge in [-0.05, 0) is 32.4 Å². The van der Waals surface area contributed by atoms with Crippen LogP contribution in [0.25, 0.3) is 0 Å². The lowest BCUT2D eigenvalue weighted by Crippen LogP contribution is -2.37. The van der Waals surface area contributed by atoms with E-state index in [1.54, 1.807) is 12.1 Å². The van der Waals surface area contributed by atoms with Crippen molar-refractivity contribution in [2.24, 2.45) is 0 Å². The Hall–Kier alpha value is -1.16. The van der Waals surface area contributed by atoms with Gasteiger partial charge in [0.1, 0.15) is 5.75 Å². The SMILES string of the molecule is CCCC(C)NC(=O)C(C)Sc1ccccc1O. The van der Waals surface area contributed by atoms with E-state index in [4.69, 9.17) is 0 Å². The van der Waals surface area contributed by atoms with E-state index in [-0.39, 0.29) is 22.9 Å². The van der Waals surface area contributed by atoms with E-state index in [1.165, 1.54) is 11.8 Å². The molecule has 1 aromatic carbocycles. The number of para-hydroxylation sites is 1. The molecule has 0 saturated heterocycles. The number of aromatic hydroxyl groups is 1. The second kappa shape index (κ2) is 7.31. The van der Waals surface area contributed by atoms with E-state index < -0.39 is 0 Å². The molecule has 0 aliphatic heterocycles. The van der Waals surface area contributed by atoms with Gasteiger partial charge in [0.25, 0.3) is 0 Å². The average Bonchev–Trinajstić information content (AvgIpc) is 2.32. The first-order valence-corrected chi connectivity index (χ1v) is 7.17. The van der Waals surface area contributed by atoms with E-state index in [9.17, 15) is 9.90 Å². The quantitative estimate of drug-likeness (QED) is 0.778. The maximum absolute atomic E-state index is 11.9. The molecule has 1 amide bonds. The number of hydrogen-bond acceptors (Lipinski definition) is 3. The maximum atomic E-state index is 11.9. The average molecular weight is 267 g/mol. The Morgan fingerprint density at radius 2 is 2.06 bits per heavy atom. The summed E-state index contributed by atoms with van der Waals surface area (Å²) in [7, 11) is 0. The number of benzene rings is 1. The van der Waals surface area contributed by atoms with Gasteiger partial charge in [-0.2, -0.15) is 0 Å². The summed E-state index contributed by atoms with van der Waals surface area (Å²) >= 11 is 1.38. The number of rotatable bonds is 6. The van der Waals surface area contributed by atoms with Crippen LogP contribution in [-0.4, -0.2) is 22.3 Å². The highest BCUT2D eigenvalue weighted by Gasteiger charge is 2.17. The van der Waals surface area contributed by atoms with Gasteiger partial charge in [-0.25, -0.2) is 0 Å². The minimum atomic E-state index is -0.211. The lowest BCUT2D eigenvalue weighted by Gasteiger charge is -2.17. The fraction of sp³-hybridized carbons (Fsp3) is 0.500. The van der Waals surface area contributed by atoms with Crippen LogP contribution >= 0.6 is 11.8 Å². The molecule has 0 aromatic heterocycles. The Bertz CT molecular complexity index is 395. The number of carbonyl (C=O) groups is 1. The number of hydrogen-bond donors (Lipinski definition) is 2. The normalized spacial score (nSPS) is 13.9. The van der Waals surface area contributed by atoms with Crippen molar-refractivity contribution in [2.45, 2.75) is 49.8 Å². The van der Waals surface area contributed by atoms with E-state index in [0.717, 1.165) is 17.7 Å². The molecule has 0 bridgehead atoms. The van der Waals surface area contributed by atoms with Crippen molar-refractivity contribution in [1.82, 2.24) is 5.32 Å². The van der Waals surface area contributed by atoms with Crippen LogP contribution in [0.1, 0.15) is 33.6 Å². The first-order chi connectivity index (χ1) is 8.54. The van der Waals surface area contributed by atoms with Crippen LogP contribution in [0.4, 0.5) is 0 Å². The summed E-state index contributed by atoms with van der Waals surface area (Å²) in [5.41, 5.74) is 0. The third kappa shape index (κ3) is 4.61. The van der Waals surface area contributed by atoms with Crippen LogP contribution in [0, 0.1) is 0 Å². The van der Waals surface area contributed by atoms with E-state index in [0.29, 0.717) is 0 Å². The van der Waals surface area contributed by atoms with Crippen LogP contribution < -0.4 is 5.32 Å². The second-order valence-corrected chi connectivity index (χ2v) is 5.81. The van der Waals surface area contributed by atoms with Gasteiger partial charge in [0.05, 0.1) is 5.25 Å². The highest BCUT2D eigenvalue weighted by Crippen LogP contribution is 2.31. The zero-order chi connectivity index (χ0) is 13.5. The lowest BCUT2D eigenvalue weighted by molar-refractivity contribution is -0.120. The molecule has 100 valence electrons. The van der Waals surface area contributed by atoms with Crippen molar-refractivity contribution in [3.8, 4) is 5.75 Å². The summed E-state index contributed by atoms with van der Waals surface area (Å²) < 4.78 is 0. The number of nitrogens with one attached hydrogen (secondary N) is 1. The Labute approximate surface area is 113 Å². The zero-order valence-electron chi connectivity index (χ0n) is 11.1. The Kier molecular flexibility index (Phi) is 6.05. The fourth-order valence-electron chi connectivity index (χ4n) is 1.67. The van der Waals surface area contributed by atoms with Gasteiger partial charge in [0.2, 0.25) is 5.91 Å². The number of carbonyl (C=O) groups excluding carboxylic acids is 1. The summed E-state index contributed by atoms with van der Waals surface area (Å²) in [5, 5.41) is 12.4. The van der Waals surface area contributed by atoms with Gasteiger partial charge < -0.3 is 10.4 Å². The van der Waals surface area contributed by atoms with Crippen molar-refractivity contribution in [3.63, 3.8) is 0 Å². The highest BCUT2D eigenvalue weighted by molar-refractivity contribution is 8.00. The first kappa shape index (κ1) is 14.9.